The van der Waals surface area contributed by atoms with Crippen molar-refractivity contribution in [3.8, 4) is 0 Å². The van der Waals surface area contributed by atoms with Gasteiger partial charge < -0.3 is 5.11 Å². The van der Waals surface area contributed by atoms with Gasteiger partial charge in [-0.1, -0.05) is 26.7 Å². The van der Waals surface area contributed by atoms with Crippen molar-refractivity contribution in [2.45, 2.75) is 65.4 Å². The largest absolute Gasteiger partial charge is 0.390 e. The van der Waals surface area contributed by atoms with Gasteiger partial charge in [-0.05, 0) is 56.3 Å². The van der Waals surface area contributed by atoms with E-state index in [1.807, 2.05) is 13.8 Å². The lowest BCUT2D eigenvalue weighted by atomic mass is 9.59. The number of aliphatic hydroxyl groups is 1. The summed E-state index contributed by atoms with van der Waals surface area (Å²) in [4.78, 5) is 0. The van der Waals surface area contributed by atoms with Gasteiger partial charge in [0.05, 0.1) is 5.60 Å². The Bertz CT molecular complexity index is 240. The normalized spacial score (nSPS) is 46.6. The van der Waals surface area contributed by atoms with Crippen LogP contribution in [-0.2, 0) is 0 Å². The topological polar surface area (TPSA) is 20.2 Å². The molecule has 0 spiro atoms. The predicted molar refractivity (Wildman–Crippen MR) is 63.6 cm³/mol. The number of rotatable bonds is 1. The zero-order valence-electron chi connectivity index (χ0n) is 10.7. The number of hydrogen-bond acceptors (Lipinski definition) is 1. The van der Waals surface area contributed by atoms with Gasteiger partial charge in [-0.2, -0.15) is 0 Å². The van der Waals surface area contributed by atoms with E-state index in [0.29, 0.717) is 11.3 Å². The second-order valence-electron chi connectivity index (χ2n) is 6.77. The van der Waals surface area contributed by atoms with Crippen LogP contribution in [0.3, 0.4) is 0 Å². The summed E-state index contributed by atoms with van der Waals surface area (Å²) in [5.74, 6) is 2.25. The van der Waals surface area contributed by atoms with Gasteiger partial charge >= 0.3 is 0 Å². The number of hydrogen-bond donors (Lipinski definition) is 1. The van der Waals surface area contributed by atoms with Crippen molar-refractivity contribution in [2.24, 2.45) is 23.2 Å². The van der Waals surface area contributed by atoms with Gasteiger partial charge in [0, 0.05) is 0 Å². The Morgan fingerprint density at radius 3 is 2.47 bits per heavy atom. The molecule has 0 aromatic carbocycles. The maximum atomic E-state index is 10.3. The van der Waals surface area contributed by atoms with Gasteiger partial charge in [0.2, 0.25) is 0 Å². The van der Waals surface area contributed by atoms with E-state index in [1.54, 1.807) is 0 Å². The zero-order valence-corrected chi connectivity index (χ0v) is 10.7. The molecule has 1 heteroatoms. The van der Waals surface area contributed by atoms with Gasteiger partial charge in [-0.3, -0.25) is 0 Å². The molecule has 0 amide bonds. The van der Waals surface area contributed by atoms with Crippen LogP contribution in [-0.4, -0.2) is 10.7 Å². The molecule has 2 rings (SSSR count). The molecule has 2 aliphatic rings. The summed E-state index contributed by atoms with van der Waals surface area (Å²) >= 11 is 0. The molecule has 0 aromatic rings. The summed E-state index contributed by atoms with van der Waals surface area (Å²) in [5, 5.41) is 10.3. The van der Waals surface area contributed by atoms with Crippen LogP contribution < -0.4 is 0 Å². The molecule has 1 nitrogen and oxygen atoms in total. The van der Waals surface area contributed by atoms with Crippen molar-refractivity contribution in [3.05, 3.63) is 0 Å². The van der Waals surface area contributed by atoms with E-state index in [4.69, 9.17) is 0 Å². The minimum Gasteiger partial charge on any atom is -0.390 e. The molecule has 2 saturated carbocycles. The first-order valence-corrected chi connectivity index (χ1v) is 6.58. The van der Waals surface area contributed by atoms with Crippen molar-refractivity contribution in [1.29, 1.82) is 0 Å². The molecule has 0 heterocycles. The van der Waals surface area contributed by atoms with Crippen LogP contribution in [0.25, 0.3) is 0 Å². The van der Waals surface area contributed by atoms with E-state index < -0.39 is 5.60 Å². The van der Waals surface area contributed by atoms with E-state index in [-0.39, 0.29) is 0 Å². The molecule has 2 fully saturated rings. The lowest BCUT2D eigenvalue weighted by Gasteiger charge is -2.47. The molecule has 15 heavy (non-hydrogen) atoms. The fourth-order valence-electron chi connectivity index (χ4n) is 4.72. The molecule has 0 aromatic heterocycles. The summed E-state index contributed by atoms with van der Waals surface area (Å²) in [7, 11) is 0. The van der Waals surface area contributed by atoms with Crippen molar-refractivity contribution < 1.29 is 5.11 Å². The van der Waals surface area contributed by atoms with E-state index in [1.165, 1.54) is 32.1 Å². The zero-order chi connectivity index (χ0) is 11.3. The first kappa shape index (κ1) is 11.4. The molecule has 0 bridgehead atoms. The van der Waals surface area contributed by atoms with Crippen LogP contribution >= 0.6 is 0 Å². The van der Waals surface area contributed by atoms with E-state index in [2.05, 4.69) is 13.8 Å². The van der Waals surface area contributed by atoms with Crippen molar-refractivity contribution >= 4 is 0 Å². The fourth-order valence-corrected chi connectivity index (χ4v) is 4.72. The second kappa shape index (κ2) is 3.48. The molecule has 0 unspecified atom stereocenters. The summed E-state index contributed by atoms with van der Waals surface area (Å²) in [5.41, 5.74) is -0.0729. The van der Waals surface area contributed by atoms with Crippen LogP contribution in [0.2, 0.25) is 0 Å². The highest BCUT2D eigenvalue weighted by atomic mass is 16.3. The molecule has 0 radical (unpaired) electrons. The van der Waals surface area contributed by atoms with E-state index in [9.17, 15) is 5.11 Å². The first-order valence-electron chi connectivity index (χ1n) is 6.58. The number of fused-ring (bicyclic) bond motifs is 1. The quantitative estimate of drug-likeness (QED) is 0.701. The minimum absolute atomic E-state index is 0.413. The first-order chi connectivity index (χ1) is 6.86. The van der Waals surface area contributed by atoms with Gasteiger partial charge in [0.25, 0.3) is 0 Å². The Kier molecular flexibility index (Phi) is 2.65. The molecule has 88 valence electrons. The third-order valence-corrected chi connectivity index (χ3v) is 5.32. The fraction of sp³-hybridized carbons (Fsp3) is 1.00. The monoisotopic (exact) mass is 210 g/mol. The minimum atomic E-state index is -0.486. The average Bonchev–Trinajstić information content (AvgIpc) is 2.42. The van der Waals surface area contributed by atoms with Crippen LogP contribution in [0.4, 0.5) is 0 Å². The van der Waals surface area contributed by atoms with Crippen LogP contribution in [0, 0.1) is 23.2 Å². The Morgan fingerprint density at radius 1 is 1.20 bits per heavy atom. The summed E-state index contributed by atoms with van der Waals surface area (Å²) in [6.07, 6.45) is 6.66. The smallest absolute Gasteiger partial charge is 0.0625 e. The predicted octanol–water partition coefficient (Wildman–Crippen LogP) is 3.61. The highest BCUT2D eigenvalue weighted by molar-refractivity contribution is 5.03. The Morgan fingerprint density at radius 2 is 1.87 bits per heavy atom. The van der Waals surface area contributed by atoms with Crippen LogP contribution in [0.15, 0.2) is 0 Å². The summed E-state index contributed by atoms with van der Waals surface area (Å²) in [6, 6.07) is 0. The summed E-state index contributed by atoms with van der Waals surface area (Å²) < 4.78 is 0. The van der Waals surface area contributed by atoms with Crippen LogP contribution in [0.5, 0.6) is 0 Å². The molecular formula is C14H26O. The standard InChI is InChI=1S/C14H26O/c1-10-6-5-9-14(4)11(10)7-8-12(14)13(2,3)15/h10-12,15H,5-9H2,1-4H3/t10-,11-,12+,14-/m0/s1. The highest BCUT2D eigenvalue weighted by Gasteiger charge is 2.54. The molecule has 0 aliphatic heterocycles. The van der Waals surface area contributed by atoms with Gasteiger partial charge in [-0.15, -0.1) is 0 Å². The molecular weight excluding hydrogens is 184 g/mol. The van der Waals surface area contributed by atoms with E-state index >= 15 is 0 Å². The second-order valence-corrected chi connectivity index (χ2v) is 6.77. The maximum Gasteiger partial charge on any atom is 0.0625 e. The molecule has 0 saturated heterocycles. The SMILES string of the molecule is C[C@H]1CCC[C@]2(C)[C@@H](C(C)(C)O)CC[C@@H]12. The Balaban J connectivity index is 2.25. The van der Waals surface area contributed by atoms with E-state index in [0.717, 1.165) is 11.8 Å². The Labute approximate surface area is 94.3 Å². The molecule has 2 aliphatic carbocycles. The van der Waals surface area contributed by atoms with Crippen molar-refractivity contribution in [2.75, 3.05) is 0 Å². The third kappa shape index (κ3) is 1.73. The molecule has 1 N–H and O–H groups in total. The maximum absolute atomic E-state index is 10.3. The van der Waals surface area contributed by atoms with Gasteiger partial charge in [0.1, 0.15) is 0 Å². The lowest BCUT2D eigenvalue weighted by molar-refractivity contribution is -0.0613. The lowest BCUT2D eigenvalue weighted by Crippen LogP contribution is -2.44. The van der Waals surface area contributed by atoms with Crippen molar-refractivity contribution in [3.63, 3.8) is 0 Å². The molecule has 4 atom stereocenters. The third-order valence-electron chi connectivity index (χ3n) is 5.32. The highest BCUT2D eigenvalue weighted by Crippen LogP contribution is 2.59. The van der Waals surface area contributed by atoms with Gasteiger partial charge in [-0.25, -0.2) is 0 Å². The van der Waals surface area contributed by atoms with Crippen molar-refractivity contribution in [1.82, 2.24) is 0 Å². The summed E-state index contributed by atoms with van der Waals surface area (Å²) in [6.45, 7) is 8.85. The van der Waals surface area contributed by atoms with Gasteiger partial charge in [0.15, 0.2) is 0 Å². The Hall–Kier alpha value is -0.0400. The average molecular weight is 210 g/mol. The van der Waals surface area contributed by atoms with Crippen LogP contribution in [0.1, 0.15) is 59.8 Å².